The average Bonchev–Trinajstić information content (AvgIpc) is 2.94. The molecule has 1 aromatic carbocycles. The highest BCUT2D eigenvalue weighted by Crippen LogP contribution is 2.43. The van der Waals surface area contributed by atoms with Crippen molar-refractivity contribution in [3.05, 3.63) is 23.8 Å². The predicted molar refractivity (Wildman–Crippen MR) is 86.7 cm³/mol. The van der Waals surface area contributed by atoms with Gasteiger partial charge in [-0.05, 0) is 43.7 Å². The first-order valence-electron chi connectivity index (χ1n) is 8.55. The summed E-state index contributed by atoms with van der Waals surface area (Å²) in [6, 6.07) is 6.99. The molecule has 2 heterocycles. The third kappa shape index (κ3) is 2.32. The quantitative estimate of drug-likeness (QED) is 0.803. The molecule has 2 fully saturated rings. The van der Waals surface area contributed by atoms with Crippen molar-refractivity contribution in [2.45, 2.75) is 63.0 Å². The Morgan fingerprint density at radius 2 is 2.05 bits per heavy atom. The second-order valence-electron chi connectivity index (χ2n) is 7.04. The smallest absolute Gasteiger partial charge is 0.0702 e. The summed E-state index contributed by atoms with van der Waals surface area (Å²) in [6.07, 6.45) is 10.1. The van der Waals surface area contributed by atoms with E-state index in [4.69, 9.17) is 10.5 Å². The van der Waals surface area contributed by atoms with Crippen LogP contribution in [-0.2, 0) is 11.2 Å². The number of ether oxygens (including phenoxy) is 1. The molecule has 3 aliphatic rings. The topological polar surface area (TPSA) is 38.5 Å². The van der Waals surface area contributed by atoms with Gasteiger partial charge >= 0.3 is 0 Å². The second-order valence-corrected chi connectivity index (χ2v) is 7.04. The van der Waals surface area contributed by atoms with Gasteiger partial charge < -0.3 is 15.4 Å². The molecule has 0 bridgehead atoms. The lowest BCUT2D eigenvalue weighted by Gasteiger charge is -2.46. The maximum atomic E-state index is 6.27. The molecule has 1 saturated carbocycles. The Bertz CT molecular complexity index is 516. The van der Waals surface area contributed by atoms with E-state index in [2.05, 4.69) is 17.0 Å². The van der Waals surface area contributed by atoms with Crippen molar-refractivity contribution in [3.63, 3.8) is 0 Å². The van der Waals surface area contributed by atoms with Crippen LogP contribution in [0.15, 0.2) is 18.2 Å². The van der Waals surface area contributed by atoms with Gasteiger partial charge in [0.2, 0.25) is 0 Å². The highest BCUT2D eigenvalue weighted by molar-refractivity contribution is 5.74. The Morgan fingerprint density at radius 3 is 2.90 bits per heavy atom. The molecule has 2 N–H and O–H groups in total. The lowest BCUT2D eigenvalue weighted by molar-refractivity contribution is -0.105. The van der Waals surface area contributed by atoms with Gasteiger partial charge in [0.25, 0.3) is 0 Å². The zero-order valence-corrected chi connectivity index (χ0v) is 12.8. The van der Waals surface area contributed by atoms with Gasteiger partial charge in [-0.1, -0.05) is 31.4 Å². The van der Waals surface area contributed by atoms with Gasteiger partial charge in [0, 0.05) is 19.2 Å². The fraction of sp³-hybridized carbons (Fsp3) is 0.667. The van der Waals surface area contributed by atoms with Crippen molar-refractivity contribution in [1.29, 1.82) is 0 Å². The summed E-state index contributed by atoms with van der Waals surface area (Å²) in [5, 5.41) is 0. The Hall–Kier alpha value is -1.22. The molecule has 1 atom stereocenters. The van der Waals surface area contributed by atoms with Crippen LogP contribution in [0.2, 0.25) is 0 Å². The summed E-state index contributed by atoms with van der Waals surface area (Å²) >= 11 is 0. The molecule has 1 unspecified atom stereocenters. The number of nitrogen functional groups attached to an aromatic ring is 1. The fourth-order valence-corrected chi connectivity index (χ4v) is 4.69. The van der Waals surface area contributed by atoms with Crippen LogP contribution in [0.4, 0.5) is 11.4 Å². The molecular weight excluding hydrogens is 260 g/mol. The normalized spacial score (nSPS) is 27.8. The van der Waals surface area contributed by atoms with Crippen molar-refractivity contribution in [2.24, 2.45) is 0 Å². The minimum absolute atomic E-state index is 0.174. The predicted octanol–water partition coefficient (Wildman–Crippen LogP) is 3.51. The summed E-state index contributed by atoms with van der Waals surface area (Å²) in [5.41, 5.74) is 10.1. The summed E-state index contributed by atoms with van der Waals surface area (Å²) in [6.45, 7) is 2.05. The van der Waals surface area contributed by atoms with E-state index in [0.29, 0.717) is 6.04 Å². The molecule has 1 spiro atoms. The number of hydrogen-bond acceptors (Lipinski definition) is 3. The highest BCUT2D eigenvalue weighted by Gasteiger charge is 2.41. The lowest BCUT2D eigenvalue weighted by atomic mass is 9.78. The van der Waals surface area contributed by atoms with Crippen LogP contribution >= 0.6 is 0 Å². The summed E-state index contributed by atoms with van der Waals surface area (Å²) < 4.78 is 6.26. The van der Waals surface area contributed by atoms with E-state index < -0.39 is 0 Å². The van der Waals surface area contributed by atoms with Crippen molar-refractivity contribution in [1.82, 2.24) is 0 Å². The van der Waals surface area contributed by atoms with Crippen LogP contribution in [0, 0.1) is 0 Å². The molecule has 1 aliphatic carbocycles. The highest BCUT2D eigenvalue weighted by atomic mass is 16.5. The maximum Gasteiger partial charge on any atom is 0.0702 e. The second kappa shape index (κ2) is 5.20. The van der Waals surface area contributed by atoms with Gasteiger partial charge in [0.15, 0.2) is 0 Å². The monoisotopic (exact) mass is 286 g/mol. The molecule has 1 aromatic rings. The van der Waals surface area contributed by atoms with Crippen molar-refractivity contribution in [2.75, 3.05) is 23.8 Å². The van der Waals surface area contributed by atoms with E-state index in [0.717, 1.165) is 31.7 Å². The van der Waals surface area contributed by atoms with E-state index in [1.807, 2.05) is 6.07 Å². The number of benzene rings is 1. The van der Waals surface area contributed by atoms with Crippen LogP contribution in [0.5, 0.6) is 0 Å². The first kappa shape index (κ1) is 13.4. The Balaban J connectivity index is 1.58. The summed E-state index contributed by atoms with van der Waals surface area (Å²) in [7, 11) is 0. The van der Waals surface area contributed by atoms with Crippen LogP contribution in [-0.4, -0.2) is 24.8 Å². The Labute approximate surface area is 127 Å². The maximum absolute atomic E-state index is 6.27. The largest absolute Gasteiger partial charge is 0.397 e. The molecule has 1 saturated heterocycles. The minimum atomic E-state index is 0.174. The standard InChI is InChI=1S/C18H26N2O/c19-16-6-4-5-14-7-11-20(17(14)16)15-8-12-21-18(13-15)9-2-1-3-10-18/h4-6,15H,1-3,7-13,19H2. The first-order chi connectivity index (χ1) is 10.3. The molecule has 0 amide bonds. The molecule has 114 valence electrons. The van der Waals surface area contributed by atoms with Gasteiger partial charge in [-0.3, -0.25) is 0 Å². The van der Waals surface area contributed by atoms with Gasteiger partial charge in [-0.15, -0.1) is 0 Å². The molecule has 0 aromatic heterocycles. The van der Waals surface area contributed by atoms with E-state index in [1.165, 1.54) is 49.8 Å². The van der Waals surface area contributed by atoms with Gasteiger partial charge in [-0.25, -0.2) is 0 Å². The summed E-state index contributed by atoms with van der Waals surface area (Å²) in [4.78, 5) is 2.59. The number of anilines is 2. The first-order valence-corrected chi connectivity index (χ1v) is 8.55. The molecule has 21 heavy (non-hydrogen) atoms. The SMILES string of the molecule is Nc1cccc2c1N(C1CCOC3(CCCCC3)C1)CC2. The van der Waals surface area contributed by atoms with Gasteiger partial charge in [0.1, 0.15) is 0 Å². The van der Waals surface area contributed by atoms with Crippen molar-refractivity contribution in [3.8, 4) is 0 Å². The van der Waals surface area contributed by atoms with E-state index >= 15 is 0 Å². The average molecular weight is 286 g/mol. The molecule has 2 aliphatic heterocycles. The lowest BCUT2D eigenvalue weighted by Crippen LogP contribution is -2.49. The van der Waals surface area contributed by atoms with Gasteiger partial charge in [-0.2, -0.15) is 0 Å². The van der Waals surface area contributed by atoms with Crippen LogP contribution < -0.4 is 10.6 Å². The number of para-hydroxylation sites is 1. The number of nitrogens with two attached hydrogens (primary N) is 1. The van der Waals surface area contributed by atoms with E-state index in [9.17, 15) is 0 Å². The third-order valence-electron chi connectivity index (χ3n) is 5.73. The number of hydrogen-bond donors (Lipinski definition) is 1. The Morgan fingerprint density at radius 1 is 1.19 bits per heavy atom. The molecular formula is C18H26N2O. The summed E-state index contributed by atoms with van der Waals surface area (Å²) in [5.74, 6) is 0. The van der Waals surface area contributed by atoms with Crippen molar-refractivity contribution < 1.29 is 4.74 Å². The van der Waals surface area contributed by atoms with Crippen molar-refractivity contribution >= 4 is 11.4 Å². The molecule has 3 nitrogen and oxygen atoms in total. The zero-order valence-electron chi connectivity index (χ0n) is 12.8. The van der Waals surface area contributed by atoms with E-state index in [-0.39, 0.29) is 5.60 Å². The number of rotatable bonds is 1. The molecule has 0 radical (unpaired) electrons. The third-order valence-corrected chi connectivity index (χ3v) is 5.73. The van der Waals surface area contributed by atoms with Gasteiger partial charge in [0.05, 0.1) is 17.0 Å². The molecule has 3 heteroatoms. The van der Waals surface area contributed by atoms with Crippen LogP contribution in [0.1, 0.15) is 50.5 Å². The van der Waals surface area contributed by atoms with Crippen LogP contribution in [0.25, 0.3) is 0 Å². The fourth-order valence-electron chi connectivity index (χ4n) is 4.69. The Kier molecular flexibility index (Phi) is 3.33. The number of nitrogens with zero attached hydrogens (tertiary/aromatic N) is 1. The van der Waals surface area contributed by atoms with E-state index in [1.54, 1.807) is 0 Å². The number of fused-ring (bicyclic) bond motifs is 1. The minimum Gasteiger partial charge on any atom is -0.397 e. The zero-order chi connectivity index (χ0) is 14.3. The molecule has 4 rings (SSSR count). The van der Waals surface area contributed by atoms with Crippen LogP contribution in [0.3, 0.4) is 0 Å².